The second-order valence-electron chi connectivity index (χ2n) is 5.06. The van der Waals surface area contributed by atoms with Crippen molar-refractivity contribution in [3.63, 3.8) is 0 Å². The molecule has 2 nitrogen and oxygen atoms in total. The summed E-state index contributed by atoms with van der Waals surface area (Å²) in [6.45, 7) is 0. The summed E-state index contributed by atoms with van der Waals surface area (Å²) in [5.74, 6) is 5.83. The first-order valence-corrected chi connectivity index (χ1v) is 7.43. The van der Waals surface area contributed by atoms with E-state index in [-0.39, 0.29) is 5.92 Å². The Labute approximate surface area is 135 Å². The Hall–Kier alpha value is -2.29. The summed E-state index contributed by atoms with van der Waals surface area (Å²) in [5, 5.41) is 0.639. The number of benzene rings is 3. The van der Waals surface area contributed by atoms with Gasteiger partial charge in [-0.05, 0) is 22.8 Å². The average molecular weight is 310 g/mol. The van der Waals surface area contributed by atoms with Crippen molar-refractivity contribution in [3.05, 3.63) is 101 Å². The van der Waals surface area contributed by atoms with Gasteiger partial charge in [-0.15, -0.1) is 0 Å². The lowest BCUT2D eigenvalue weighted by atomic mass is 9.85. The van der Waals surface area contributed by atoms with Crippen LogP contribution >= 0.6 is 11.6 Å². The van der Waals surface area contributed by atoms with Crippen molar-refractivity contribution in [1.29, 1.82) is 0 Å². The number of hydrogen-bond acceptors (Lipinski definition) is 2. The lowest BCUT2D eigenvalue weighted by molar-refractivity contribution is 0.334. The molecule has 0 aliphatic carbocycles. The van der Waals surface area contributed by atoms with Gasteiger partial charge in [-0.1, -0.05) is 78.3 Å². The molecule has 0 bridgehead atoms. The first-order valence-electron chi connectivity index (χ1n) is 7.05. The summed E-state index contributed by atoms with van der Waals surface area (Å²) in [7, 11) is 0. The summed E-state index contributed by atoms with van der Waals surface area (Å²) >= 11 is 6.47. The van der Waals surface area contributed by atoms with Crippen LogP contribution in [0.5, 0.6) is 5.75 Å². The summed E-state index contributed by atoms with van der Waals surface area (Å²) in [5.41, 5.74) is 3.41. The largest absolute Gasteiger partial charge is 0.411 e. The monoisotopic (exact) mass is 309 g/mol. The fraction of sp³-hybridized carbons (Fsp3) is 0.0526. The van der Waals surface area contributed by atoms with E-state index in [0.717, 1.165) is 5.56 Å². The Morgan fingerprint density at radius 3 is 1.77 bits per heavy atom. The van der Waals surface area contributed by atoms with Gasteiger partial charge in [0.1, 0.15) is 5.75 Å². The van der Waals surface area contributed by atoms with E-state index in [1.165, 1.54) is 11.1 Å². The lowest BCUT2D eigenvalue weighted by Crippen LogP contribution is -2.06. The third-order valence-electron chi connectivity index (χ3n) is 3.68. The zero-order valence-corrected chi connectivity index (χ0v) is 12.7. The molecule has 0 aliphatic rings. The van der Waals surface area contributed by atoms with Crippen molar-refractivity contribution in [3.8, 4) is 5.75 Å². The molecule has 0 radical (unpaired) electrons. The fourth-order valence-corrected chi connectivity index (χ4v) is 2.94. The van der Waals surface area contributed by atoms with Crippen LogP contribution in [0, 0.1) is 0 Å². The Kier molecular flexibility index (Phi) is 4.42. The lowest BCUT2D eigenvalue weighted by Gasteiger charge is -2.20. The van der Waals surface area contributed by atoms with Gasteiger partial charge in [0.25, 0.3) is 0 Å². The van der Waals surface area contributed by atoms with E-state index in [1.54, 1.807) is 6.07 Å². The van der Waals surface area contributed by atoms with E-state index in [9.17, 15) is 0 Å². The molecular weight excluding hydrogens is 294 g/mol. The first-order chi connectivity index (χ1) is 10.8. The molecule has 2 N–H and O–H groups in total. The molecule has 0 atom stereocenters. The van der Waals surface area contributed by atoms with Crippen LogP contribution < -0.4 is 10.7 Å². The normalized spacial score (nSPS) is 10.7. The summed E-state index contributed by atoms with van der Waals surface area (Å²) in [6.07, 6.45) is 0. The Balaban J connectivity index is 2.14. The number of rotatable bonds is 4. The third kappa shape index (κ3) is 2.98. The van der Waals surface area contributed by atoms with Crippen LogP contribution in [0.2, 0.25) is 5.02 Å². The standard InChI is InChI=1S/C19H16ClNO/c20-18-13-16(22-21)11-12-17(18)19(14-7-3-1-4-8-14)15-9-5-2-6-10-15/h1-13,19H,21H2. The molecule has 0 aliphatic heterocycles. The predicted octanol–water partition coefficient (Wildman–Crippen LogP) is 4.77. The molecule has 0 unspecified atom stereocenters. The number of halogens is 1. The fourth-order valence-electron chi connectivity index (χ4n) is 2.66. The van der Waals surface area contributed by atoms with Crippen LogP contribution in [-0.4, -0.2) is 0 Å². The van der Waals surface area contributed by atoms with Crippen molar-refractivity contribution in [1.82, 2.24) is 0 Å². The molecule has 0 heterocycles. The van der Waals surface area contributed by atoms with Crippen molar-refractivity contribution in [2.24, 2.45) is 5.90 Å². The molecule has 0 saturated carbocycles. The van der Waals surface area contributed by atoms with Gasteiger partial charge in [-0.3, -0.25) is 0 Å². The zero-order valence-electron chi connectivity index (χ0n) is 11.9. The molecule has 3 heteroatoms. The maximum atomic E-state index is 6.47. The van der Waals surface area contributed by atoms with Crippen LogP contribution in [0.1, 0.15) is 22.6 Å². The van der Waals surface area contributed by atoms with E-state index < -0.39 is 0 Å². The van der Waals surface area contributed by atoms with E-state index in [4.69, 9.17) is 22.3 Å². The highest BCUT2D eigenvalue weighted by molar-refractivity contribution is 6.31. The quantitative estimate of drug-likeness (QED) is 0.556. The molecular formula is C19H16ClNO. The van der Waals surface area contributed by atoms with Gasteiger partial charge in [-0.2, -0.15) is 5.90 Å². The first kappa shape index (κ1) is 14.6. The van der Waals surface area contributed by atoms with Crippen LogP contribution in [0.15, 0.2) is 78.9 Å². The molecule has 0 saturated heterocycles. The molecule has 3 aromatic rings. The highest BCUT2D eigenvalue weighted by Crippen LogP contribution is 2.37. The molecule has 3 aromatic carbocycles. The van der Waals surface area contributed by atoms with Gasteiger partial charge in [-0.25, -0.2) is 0 Å². The van der Waals surface area contributed by atoms with Gasteiger partial charge < -0.3 is 4.84 Å². The SMILES string of the molecule is NOc1ccc(C(c2ccccc2)c2ccccc2)c(Cl)c1. The minimum absolute atomic E-state index is 0.0710. The van der Waals surface area contributed by atoms with E-state index >= 15 is 0 Å². The van der Waals surface area contributed by atoms with Crippen molar-refractivity contribution >= 4 is 11.6 Å². The van der Waals surface area contributed by atoms with Crippen LogP contribution in [0.4, 0.5) is 0 Å². The highest BCUT2D eigenvalue weighted by atomic mass is 35.5. The number of nitrogens with two attached hydrogens (primary N) is 1. The van der Waals surface area contributed by atoms with Crippen LogP contribution in [0.3, 0.4) is 0 Å². The van der Waals surface area contributed by atoms with Gasteiger partial charge in [0, 0.05) is 17.0 Å². The van der Waals surface area contributed by atoms with Crippen molar-refractivity contribution in [2.45, 2.75) is 5.92 Å². The predicted molar refractivity (Wildman–Crippen MR) is 90.1 cm³/mol. The van der Waals surface area contributed by atoms with Crippen molar-refractivity contribution in [2.75, 3.05) is 0 Å². The number of hydrogen-bond donors (Lipinski definition) is 1. The zero-order chi connectivity index (χ0) is 15.4. The van der Waals surface area contributed by atoms with Gasteiger partial charge in [0.2, 0.25) is 0 Å². The smallest absolute Gasteiger partial charge is 0.148 e. The average Bonchev–Trinajstić information content (AvgIpc) is 2.58. The minimum Gasteiger partial charge on any atom is -0.411 e. The summed E-state index contributed by atoms with van der Waals surface area (Å²) in [4.78, 5) is 4.76. The highest BCUT2D eigenvalue weighted by Gasteiger charge is 2.19. The van der Waals surface area contributed by atoms with Gasteiger partial charge >= 0.3 is 0 Å². The topological polar surface area (TPSA) is 35.2 Å². The van der Waals surface area contributed by atoms with Crippen LogP contribution in [-0.2, 0) is 0 Å². The molecule has 0 aromatic heterocycles. The Bertz CT molecular complexity index is 704. The van der Waals surface area contributed by atoms with Gasteiger partial charge in [0.15, 0.2) is 0 Å². The minimum atomic E-state index is 0.0710. The Morgan fingerprint density at radius 2 is 1.32 bits per heavy atom. The molecule has 110 valence electrons. The van der Waals surface area contributed by atoms with Gasteiger partial charge in [0.05, 0.1) is 0 Å². The summed E-state index contributed by atoms with van der Waals surface area (Å²) in [6, 6.07) is 26.2. The molecule has 0 fully saturated rings. The van der Waals surface area contributed by atoms with E-state index in [0.29, 0.717) is 10.8 Å². The van der Waals surface area contributed by atoms with Crippen LogP contribution in [0.25, 0.3) is 0 Å². The molecule has 3 rings (SSSR count). The molecule has 22 heavy (non-hydrogen) atoms. The maximum Gasteiger partial charge on any atom is 0.148 e. The molecule has 0 amide bonds. The van der Waals surface area contributed by atoms with E-state index in [1.807, 2.05) is 48.5 Å². The second kappa shape index (κ2) is 6.65. The maximum absolute atomic E-state index is 6.47. The summed E-state index contributed by atoms with van der Waals surface area (Å²) < 4.78 is 0. The third-order valence-corrected chi connectivity index (χ3v) is 4.01. The molecule has 0 spiro atoms. The second-order valence-corrected chi connectivity index (χ2v) is 5.46. The van der Waals surface area contributed by atoms with E-state index in [2.05, 4.69) is 24.3 Å². The van der Waals surface area contributed by atoms with Crippen molar-refractivity contribution < 1.29 is 4.84 Å². The Morgan fingerprint density at radius 1 is 0.773 bits per heavy atom.